The number of alkyl halides is 3. The van der Waals surface area contributed by atoms with Gasteiger partial charge in [0.2, 0.25) is 0 Å². The summed E-state index contributed by atoms with van der Waals surface area (Å²) in [5, 5.41) is 3.89. The van der Waals surface area contributed by atoms with Gasteiger partial charge >= 0.3 is 6.18 Å². The maximum absolute atomic E-state index is 13.0. The summed E-state index contributed by atoms with van der Waals surface area (Å²) in [6.07, 6.45) is -3.56. The van der Waals surface area contributed by atoms with Crippen molar-refractivity contribution in [1.82, 2.24) is 10.3 Å². The summed E-state index contributed by atoms with van der Waals surface area (Å²) >= 11 is 0. The zero-order valence-electron chi connectivity index (χ0n) is 9.91. The molecule has 1 aromatic heterocycles. The Morgan fingerprint density at radius 2 is 2.00 bits per heavy atom. The molecule has 0 saturated carbocycles. The minimum absolute atomic E-state index is 0.224. The van der Waals surface area contributed by atoms with Gasteiger partial charge in [-0.25, -0.2) is 0 Å². The van der Waals surface area contributed by atoms with Gasteiger partial charge in [0, 0.05) is 30.6 Å². The van der Waals surface area contributed by atoms with E-state index in [4.69, 9.17) is 0 Å². The topological polar surface area (TPSA) is 27.8 Å². The number of aromatic nitrogens is 1. The van der Waals surface area contributed by atoms with Crippen LogP contribution in [0.5, 0.6) is 0 Å². The fraction of sp³-hybridized carbons (Fsp3) is 0.385. The van der Waals surface area contributed by atoms with Gasteiger partial charge in [0.15, 0.2) is 0 Å². The maximum Gasteiger partial charge on any atom is 0.418 e. The average molecular weight is 254 g/mol. The predicted octanol–water partition coefficient (Wildman–Crippen LogP) is 3.14. The number of benzene rings is 1. The molecule has 1 aromatic carbocycles. The molecule has 1 aliphatic rings. The first kappa shape index (κ1) is 11.6. The van der Waals surface area contributed by atoms with Gasteiger partial charge in [-0.3, -0.25) is 0 Å². The Hall–Kier alpha value is -1.49. The standard InChI is InChI=1S/C13H13F3N2/c1-7-4-8-9-6-17-3-2-11(9)18-12(8)10(5-7)13(14,15)16/h4-5,17-18H,2-3,6H2,1H3. The van der Waals surface area contributed by atoms with Crippen LogP contribution in [0.2, 0.25) is 0 Å². The lowest BCUT2D eigenvalue weighted by Gasteiger charge is -2.12. The van der Waals surface area contributed by atoms with Crippen molar-refractivity contribution in [3.63, 3.8) is 0 Å². The molecule has 2 N–H and O–H groups in total. The number of hydrogen-bond donors (Lipinski definition) is 2. The van der Waals surface area contributed by atoms with Crippen molar-refractivity contribution in [3.8, 4) is 0 Å². The number of rotatable bonds is 0. The third-order valence-corrected chi connectivity index (χ3v) is 3.41. The first-order chi connectivity index (χ1) is 8.47. The van der Waals surface area contributed by atoms with Crippen LogP contribution in [-0.2, 0) is 19.1 Å². The summed E-state index contributed by atoms with van der Waals surface area (Å²) in [7, 11) is 0. The van der Waals surface area contributed by atoms with Gasteiger partial charge in [-0.15, -0.1) is 0 Å². The van der Waals surface area contributed by atoms with E-state index in [1.165, 1.54) is 6.07 Å². The molecule has 0 unspecified atom stereocenters. The molecule has 0 saturated heterocycles. The number of hydrogen-bond acceptors (Lipinski definition) is 1. The van der Waals surface area contributed by atoms with Crippen molar-refractivity contribution in [3.05, 3.63) is 34.5 Å². The SMILES string of the molecule is Cc1cc(C(F)(F)F)c2[nH]c3c(c2c1)CNCC3. The lowest BCUT2D eigenvalue weighted by molar-refractivity contribution is -0.136. The van der Waals surface area contributed by atoms with E-state index in [2.05, 4.69) is 10.3 Å². The second-order valence-corrected chi connectivity index (χ2v) is 4.74. The van der Waals surface area contributed by atoms with Crippen LogP contribution in [0.15, 0.2) is 12.1 Å². The molecular formula is C13H13F3N2. The van der Waals surface area contributed by atoms with Gasteiger partial charge in [0.1, 0.15) is 0 Å². The van der Waals surface area contributed by atoms with E-state index in [0.29, 0.717) is 17.5 Å². The van der Waals surface area contributed by atoms with E-state index in [-0.39, 0.29) is 5.52 Å². The number of nitrogens with one attached hydrogen (secondary N) is 2. The van der Waals surface area contributed by atoms with Crippen molar-refractivity contribution in [2.24, 2.45) is 0 Å². The number of fused-ring (bicyclic) bond motifs is 3. The Labute approximate surface area is 102 Å². The first-order valence-electron chi connectivity index (χ1n) is 5.89. The summed E-state index contributed by atoms with van der Waals surface area (Å²) in [4.78, 5) is 2.96. The number of H-pyrrole nitrogens is 1. The third-order valence-electron chi connectivity index (χ3n) is 3.41. The second kappa shape index (κ2) is 3.75. The molecule has 0 bridgehead atoms. The van der Waals surface area contributed by atoms with Gasteiger partial charge in [-0.2, -0.15) is 13.2 Å². The average Bonchev–Trinajstić information content (AvgIpc) is 2.65. The van der Waals surface area contributed by atoms with Crippen LogP contribution in [0.3, 0.4) is 0 Å². The molecule has 3 rings (SSSR count). The monoisotopic (exact) mass is 254 g/mol. The Balaban J connectivity index is 2.34. The summed E-state index contributed by atoms with van der Waals surface area (Å²) in [6, 6.07) is 3.03. The molecule has 0 radical (unpaired) electrons. The highest BCUT2D eigenvalue weighted by Crippen LogP contribution is 2.37. The Morgan fingerprint density at radius 1 is 1.22 bits per heavy atom. The van der Waals surface area contributed by atoms with Crippen LogP contribution in [0, 0.1) is 6.92 Å². The van der Waals surface area contributed by atoms with Gasteiger partial charge in [0.25, 0.3) is 0 Å². The number of aryl methyl sites for hydroxylation is 1. The van der Waals surface area contributed by atoms with Gasteiger partial charge < -0.3 is 10.3 Å². The van der Waals surface area contributed by atoms with E-state index < -0.39 is 11.7 Å². The highest BCUT2D eigenvalue weighted by molar-refractivity contribution is 5.88. The highest BCUT2D eigenvalue weighted by Gasteiger charge is 2.34. The first-order valence-corrected chi connectivity index (χ1v) is 5.89. The van der Waals surface area contributed by atoms with Crippen molar-refractivity contribution in [2.75, 3.05) is 6.54 Å². The smallest absolute Gasteiger partial charge is 0.358 e. The van der Waals surface area contributed by atoms with Crippen LogP contribution in [0.25, 0.3) is 10.9 Å². The fourth-order valence-corrected chi connectivity index (χ4v) is 2.61. The molecule has 0 fully saturated rings. The Kier molecular flexibility index (Phi) is 2.41. The van der Waals surface area contributed by atoms with E-state index in [9.17, 15) is 13.2 Å². The summed E-state index contributed by atoms with van der Waals surface area (Å²) in [6.45, 7) is 3.14. The van der Waals surface area contributed by atoms with E-state index in [1.807, 2.05) is 6.07 Å². The minimum atomic E-state index is -4.31. The molecule has 0 amide bonds. The predicted molar refractivity (Wildman–Crippen MR) is 63.4 cm³/mol. The molecule has 96 valence electrons. The normalized spacial score (nSPS) is 16.0. The van der Waals surface area contributed by atoms with Crippen LogP contribution in [0.1, 0.15) is 22.4 Å². The molecular weight excluding hydrogens is 241 g/mol. The second-order valence-electron chi connectivity index (χ2n) is 4.74. The molecule has 2 heterocycles. The molecule has 2 nitrogen and oxygen atoms in total. The zero-order chi connectivity index (χ0) is 12.9. The highest BCUT2D eigenvalue weighted by atomic mass is 19.4. The van der Waals surface area contributed by atoms with Crippen LogP contribution < -0.4 is 5.32 Å². The summed E-state index contributed by atoms with van der Waals surface area (Å²) < 4.78 is 39.1. The molecule has 0 spiro atoms. The van der Waals surface area contributed by atoms with Crippen LogP contribution in [-0.4, -0.2) is 11.5 Å². The van der Waals surface area contributed by atoms with E-state index >= 15 is 0 Å². The number of halogens is 3. The quantitative estimate of drug-likeness (QED) is 0.742. The van der Waals surface area contributed by atoms with Gasteiger partial charge in [-0.1, -0.05) is 0 Å². The zero-order valence-corrected chi connectivity index (χ0v) is 9.91. The van der Waals surface area contributed by atoms with Gasteiger partial charge in [-0.05, 0) is 30.2 Å². The maximum atomic E-state index is 13.0. The summed E-state index contributed by atoms with van der Waals surface area (Å²) in [5.74, 6) is 0. The van der Waals surface area contributed by atoms with Crippen molar-refractivity contribution in [1.29, 1.82) is 0 Å². The molecule has 2 aromatic rings. The Morgan fingerprint density at radius 3 is 2.72 bits per heavy atom. The molecule has 1 aliphatic heterocycles. The van der Waals surface area contributed by atoms with Crippen molar-refractivity contribution in [2.45, 2.75) is 26.1 Å². The largest absolute Gasteiger partial charge is 0.418 e. The molecule has 5 heteroatoms. The third kappa shape index (κ3) is 1.70. The summed E-state index contributed by atoms with van der Waals surface area (Å²) in [5.41, 5.74) is 2.21. The lowest BCUT2D eigenvalue weighted by Crippen LogP contribution is -2.22. The van der Waals surface area contributed by atoms with E-state index in [0.717, 1.165) is 24.2 Å². The van der Waals surface area contributed by atoms with Crippen molar-refractivity contribution >= 4 is 10.9 Å². The van der Waals surface area contributed by atoms with Gasteiger partial charge in [0.05, 0.1) is 11.1 Å². The lowest BCUT2D eigenvalue weighted by atomic mass is 10.0. The van der Waals surface area contributed by atoms with Crippen LogP contribution in [0.4, 0.5) is 13.2 Å². The number of aromatic amines is 1. The fourth-order valence-electron chi connectivity index (χ4n) is 2.61. The molecule has 18 heavy (non-hydrogen) atoms. The molecule has 0 atom stereocenters. The minimum Gasteiger partial charge on any atom is -0.358 e. The Bertz CT molecular complexity index is 611. The molecule has 0 aliphatic carbocycles. The van der Waals surface area contributed by atoms with Crippen molar-refractivity contribution < 1.29 is 13.2 Å². The van der Waals surface area contributed by atoms with E-state index in [1.54, 1.807) is 6.92 Å². The van der Waals surface area contributed by atoms with Crippen LogP contribution >= 0.6 is 0 Å².